The van der Waals surface area contributed by atoms with Gasteiger partial charge >= 0.3 is 16.8 Å². The van der Waals surface area contributed by atoms with Gasteiger partial charge in [0.1, 0.15) is 6.07 Å². The molecule has 206 valence electrons. The normalized spacial score (nSPS) is 11.7. The smallest absolute Gasteiger partial charge is 0.384 e. The van der Waals surface area contributed by atoms with E-state index in [0.717, 1.165) is 24.2 Å². The Kier molecular flexibility index (Phi) is 18.8. The van der Waals surface area contributed by atoms with Gasteiger partial charge in [-0.2, -0.15) is 13.7 Å². The summed E-state index contributed by atoms with van der Waals surface area (Å²) in [7, 11) is -3.73. The summed E-state index contributed by atoms with van der Waals surface area (Å²) >= 11 is 0. The van der Waals surface area contributed by atoms with Gasteiger partial charge in [0.2, 0.25) is 0 Å². The SMILES string of the molecule is CCCCCCCCCCCCCNc1ccc(C=CCOC)cc1C#N.O=S(=O)(O)OC(F)(F)F. The molecular weight excluding hydrogens is 497 g/mol. The lowest BCUT2D eigenvalue weighted by molar-refractivity contribution is -0.274. The summed E-state index contributed by atoms with van der Waals surface area (Å²) in [6, 6.07) is 8.26. The van der Waals surface area contributed by atoms with Gasteiger partial charge in [0.05, 0.1) is 17.9 Å². The van der Waals surface area contributed by atoms with Crippen molar-refractivity contribution in [3.05, 3.63) is 35.4 Å². The van der Waals surface area contributed by atoms with Crippen LogP contribution in [0.1, 0.15) is 88.7 Å². The van der Waals surface area contributed by atoms with Crippen LogP contribution >= 0.6 is 0 Å². The topological polar surface area (TPSA) is 109 Å². The van der Waals surface area contributed by atoms with Gasteiger partial charge in [-0.15, -0.1) is 17.4 Å². The Labute approximate surface area is 213 Å². The molecule has 0 aliphatic carbocycles. The highest BCUT2D eigenvalue weighted by Gasteiger charge is 2.35. The minimum Gasteiger partial charge on any atom is -0.384 e. The van der Waals surface area contributed by atoms with Crippen LogP contribution in [0.3, 0.4) is 0 Å². The standard InChI is InChI=1S/C24H38N2O.CHF3O4S/c1-3-4-5-6-7-8-9-10-11-12-13-18-26-24-17-16-22(15-14-19-27-2)20-23(24)21-25;2-1(3,4)8-9(5,6)7/h14-17,20,26H,3-13,18-19H2,1-2H3;(H,5,6,7). The van der Waals surface area contributed by atoms with E-state index >= 15 is 0 Å². The molecule has 2 N–H and O–H groups in total. The van der Waals surface area contributed by atoms with Crippen molar-refractivity contribution in [2.24, 2.45) is 0 Å². The molecule has 0 fully saturated rings. The summed E-state index contributed by atoms with van der Waals surface area (Å²) in [5.41, 5.74) is 2.68. The zero-order valence-electron chi connectivity index (χ0n) is 21.1. The molecule has 0 aliphatic rings. The van der Waals surface area contributed by atoms with Gasteiger partial charge in [-0.25, -0.2) is 0 Å². The second-order valence-electron chi connectivity index (χ2n) is 8.19. The molecule has 0 radical (unpaired) electrons. The number of nitrogens with one attached hydrogen (secondary N) is 1. The molecule has 36 heavy (non-hydrogen) atoms. The van der Waals surface area contributed by atoms with E-state index in [0.29, 0.717) is 12.2 Å². The molecular formula is C25H39F3N2O5S. The number of hydrogen-bond donors (Lipinski definition) is 2. The third-order valence-corrected chi connectivity index (χ3v) is 5.43. The lowest BCUT2D eigenvalue weighted by atomic mass is 10.1. The fourth-order valence-corrected chi connectivity index (χ4v) is 3.56. The maximum atomic E-state index is 10.8. The molecule has 0 aliphatic heterocycles. The lowest BCUT2D eigenvalue weighted by Crippen LogP contribution is -2.18. The highest BCUT2D eigenvalue weighted by Crippen LogP contribution is 2.19. The highest BCUT2D eigenvalue weighted by atomic mass is 32.3. The van der Waals surface area contributed by atoms with Crippen LogP contribution in [0.25, 0.3) is 6.08 Å². The van der Waals surface area contributed by atoms with Crippen molar-refractivity contribution in [3.8, 4) is 6.07 Å². The fourth-order valence-electron chi connectivity index (χ4n) is 3.32. The summed E-state index contributed by atoms with van der Waals surface area (Å²) in [6.45, 7) is 3.79. The van der Waals surface area contributed by atoms with Crippen LogP contribution in [0, 0.1) is 11.3 Å². The number of alkyl halides is 3. The van der Waals surface area contributed by atoms with E-state index in [2.05, 4.69) is 22.5 Å². The van der Waals surface area contributed by atoms with E-state index in [4.69, 9.17) is 9.29 Å². The van der Waals surface area contributed by atoms with Crippen LogP contribution in [-0.4, -0.2) is 39.6 Å². The Hall–Kier alpha value is -2.13. The summed E-state index contributed by atoms with van der Waals surface area (Å²) in [6.07, 6.45) is 13.5. The number of hydrogen-bond acceptors (Lipinski definition) is 6. The number of anilines is 1. The average Bonchev–Trinajstić information content (AvgIpc) is 2.78. The lowest BCUT2D eigenvalue weighted by Gasteiger charge is -2.09. The quantitative estimate of drug-likeness (QED) is 0.159. The molecule has 0 saturated heterocycles. The maximum absolute atomic E-state index is 10.8. The zero-order chi connectivity index (χ0) is 27.3. The molecule has 1 aromatic carbocycles. The van der Waals surface area contributed by atoms with Crippen LogP contribution in [0.2, 0.25) is 0 Å². The van der Waals surface area contributed by atoms with Crippen LogP contribution in [0.5, 0.6) is 0 Å². The zero-order valence-corrected chi connectivity index (χ0v) is 22.0. The molecule has 1 aromatic rings. The van der Waals surface area contributed by atoms with Gasteiger partial charge in [-0.05, 0) is 24.1 Å². The van der Waals surface area contributed by atoms with E-state index < -0.39 is 16.8 Å². The number of ether oxygens (including phenoxy) is 1. The molecule has 1 rings (SSSR count). The van der Waals surface area contributed by atoms with Crippen LogP contribution in [0.4, 0.5) is 18.9 Å². The van der Waals surface area contributed by atoms with Crippen LogP contribution in [-0.2, 0) is 19.3 Å². The number of nitrogens with zero attached hydrogens (tertiary/aromatic N) is 1. The third-order valence-electron chi connectivity index (χ3n) is 5.03. The molecule has 0 unspecified atom stereocenters. The monoisotopic (exact) mass is 536 g/mol. The Morgan fingerprint density at radius 1 is 1.03 bits per heavy atom. The first-order valence-corrected chi connectivity index (χ1v) is 13.6. The molecule has 0 heterocycles. The number of halogens is 3. The van der Waals surface area contributed by atoms with Gasteiger partial charge in [0.15, 0.2) is 0 Å². The van der Waals surface area contributed by atoms with Gasteiger partial charge in [0.25, 0.3) is 0 Å². The van der Waals surface area contributed by atoms with E-state index in [9.17, 15) is 26.9 Å². The number of methoxy groups -OCH3 is 1. The number of benzene rings is 1. The number of unbranched alkanes of at least 4 members (excludes halogenated alkanes) is 10. The molecule has 0 bridgehead atoms. The molecule has 0 aromatic heterocycles. The fraction of sp³-hybridized carbons (Fsp3) is 0.640. The Morgan fingerprint density at radius 3 is 2.03 bits per heavy atom. The van der Waals surface area contributed by atoms with Crippen molar-refractivity contribution < 1.29 is 35.1 Å². The molecule has 7 nitrogen and oxygen atoms in total. The van der Waals surface area contributed by atoms with Crippen molar-refractivity contribution in [2.75, 3.05) is 25.6 Å². The third kappa shape index (κ3) is 21.2. The molecule has 11 heteroatoms. The van der Waals surface area contributed by atoms with Crippen molar-refractivity contribution in [2.45, 2.75) is 83.9 Å². The van der Waals surface area contributed by atoms with Crippen molar-refractivity contribution in [3.63, 3.8) is 0 Å². The summed E-state index contributed by atoms with van der Waals surface area (Å²) in [5, 5.41) is 12.8. The van der Waals surface area contributed by atoms with Gasteiger partial charge in [-0.1, -0.05) is 89.4 Å². The van der Waals surface area contributed by atoms with E-state index in [1.54, 1.807) is 7.11 Å². The first kappa shape index (κ1) is 33.9. The first-order valence-electron chi connectivity index (χ1n) is 12.2. The van der Waals surface area contributed by atoms with E-state index in [-0.39, 0.29) is 0 Å². The Balaban J connectivity index is 0.00000115. The second-order valence-corrected chi connectivity index (χ2v) is 9.22. The van der Waals surface area contributed by atoms with E-state index in [1.165, 1.54) is 64.2 Å². The van der Waals surface area contributed by atoms with Gasteiger partial charge in [-0.3, -0.25) is 4.55 Å². The van der Waals surface area contributed by atoms with Crippen molar-refractivity contribution in [1.29, 1.82) is 5.26 Å². The molecule has 0 spiro atoms. The molecule has 0 saturated carbocycles. The van der Waals surface area contributed by atoms with Crippen molar-refractivity contribution in [1.82, 2.24) is 0 Å². The number of nitriles is 1. The van der Waals surface area contributed by atoms with Gasteiger partial charge in [0, 0.05) is 13.7 Å². The average molecular weight is 537 g/mol. The first-order chi connectivity index (χ1) is 17.0. The van der Waals surface area contributed by atoms with Gasteiger partial charge < -0.3 is 10.1 Å². The van der Waals surface area contributed by atoms with Crippen LogP contribution < -0.4 is 5.32 Å². The van der Waals surface area contributed by atoms with E-state index in [1.807, 2.05) is 30.4 Å². The van der Waals surface area contributed by atoms with Crippen LogP contribution in [0.15, 0.2) is 24.3 Å². The molecule has 0 amide bonds. The predicted molar refractivity (Wildman–Crippen MR) is 136 cm³/mol. The minimum absolute atomic E-state index is 0.584. The second kappa shape index (κ2) is 20.0. The maximum Gasteiger partial charge on any atom is 0.538 e. The highest BCUT2D eigenvalue weighted by molar-refractivity contribution is 7.80. The minimum atomic E-state index is -5.41. The Bertz CT molecular complexity index is 885. The molecule has 0 atom stereocenters. The predicted octanol–water partition coefficient (Wildman–Crippen LogP) is 7.27. The Morgan fingerprint density at radius 2 is 1.58 bits per heavy atom. The van der Waals surface area contributed by atoms with Crippen molar-refractivity contribution >= 4 is 22.2 Å². The number of rotatable bonds is 17. The summed E-state index contributed by atoms with van der Waals surface area (Å²) in [5.74, 6) is 0. The summed E-state index contributed by atoms with van der Waals surface area (Å²) in [4.78, 5) is 0. The summed E-state index contributed by atoms with van der Waals surface area (Å²) < 4.78 is 65.4. The largest absolute Gasteiger partial charge is 0.538 e.